The third-order valence-electron chi connectivity index (χ3n) is 4.54. The number of anilines is 1. The number of benzene rings is 3. The van der Waals surface area contributed by atoms with Gasteiger partial charge < -0.3 is 25.8 Å². The van der Waals surface area contributed by atoms with Gasteiger partial charge in [0.1, 0.15) is 11.5 Å². The largest absolute Gasteiger partial charge is 0.497 e. The summed E-state index contributed by atoms with van der Waals surface area (Å²) in [6.45, 7) is -2.75. The van der Waals surface area contributed by atoms with Crippen LogP contribution < -0.4 is 25.8 Å². The quantitative estimate of drug-likeness (QED) is 0.483. The molecule has 3 rings (SSSR count). The van der Waals surface area contributed by atoms with Crippen molar-refractivity contribution < 1.29 is 27.8 Å². The average Bonchev–Trinajstić information content (AvgIpc) is 2.78. The second-order valence-corrected chi connectivity index (χ2v) is 6.69. The Morgan fingerprint density at radius 3 is 2.28 bits per heavy atom. The van der Waals surface area contributed by atoms with Crippen molar-refractivity contribution in [3.8, 4) is 22.6 Å². The highest BCUT2D eigenvalue weighted by Crippen LogP contribution is 2.34. The lowest BCUT2D eigenvalue weighted by Gasteiger charge is -2.14. The summed E-state index contributed by atoms with van der Waals surface area (Å²) in [5.41, 5.74) is 7.60. The Balaban J connectivity index is 1.81. The van der Waals surface area contributed by atoms with Crippen LogP contribution in [0.25, 0.3) is 11.1 Å². The van der Waals surface area contributed by atoms with Crippen molar-refractivity contribution in [2.24, 2.45) is 5.73 Å². The normalized spacial score (nSPS) is 10.5. The van der Waals surface area contributed by atoms with Crippen LogP contribution >= 0.6 is 0 Å². The van der Waals surface area contributed by atoms with Crippen molar-refractivity contribution in [3.05, 3.63) is 77.9 Å². The van der Waals surface area contributed by atoms with Crippen molar-refractivity contribution in [1.29, 1.82) is 0 Å². The lowest BCUT2D eigenvalue weighted by molar-refractivity contribution is -0.0494. The van der Waals surface area contributed by atoms with E-state index in [1.165, 1.54) is 19.2 Å². The Morgan fingerprint density at radius 2 is 1.69 bits per heavy atom. The van der Waals surface area contributed by atoms with Crippen LogP contribution in [-0.4, -0.2) is 25.7 Å². The Labute approximate surface area is 183 Å². The molecule has 3 aromatic rings. The zero-order valence-corrected chi connectivity index (χ0v) is 17.1. The number of alkyl halides is 2. The second kappa shape index (κ2) is 10.3. The third-order valence-corrected chi connectivity index (χ3v) is 4.54. The molecule has 0 unspecified atom stereocenters. The van der Waals surface area contributed by atoms with Gasteiger partial charge >= 0.3 is 12.6 Å². The van der Waals surface area contributed by atoms with Crippen LogP contribution in [0.3, 0.4) is 0 Å². The topological polar surface area (TPSA) is 103 Å². The van der Waals surface area contributed by atoms with Gasteiger partial charge in [-0.3, -0.25) is 4.79 Å². The number of amides is 3. The van der Waals surface area contributed by atoms with Gasteiger partial charge in [-0.15, -0.1) is 0 Å². The Morgan fingerprint density at radius 1 is 1.00 bits per heavy atom. The maximum atomic E-state index is 12.9. The van der Waals surface area contributed by atoms with Crippen molar-refractivity contribution in [1.82, 2.24) is 5.32 Å². The van der Waals surface area contributed by atoms with Gasteiger partial charge in [0.25, 0.3) is 5.91 Å². The van der Waals surface area contributed by atoms with Crippen molar-refractivity contribution in [3.63, 3.8) is 0 Å². The fourth-order valence-electron chi connectivity index (χ4n) is 2.97. The van der Waals surface area contributed by atoms with E-state index in [1.807, 2.05) is 0 Å². The molecule has 0 fully saturated rings. The number of halogens is 2. The molecule has 0 aliphatic heterocycles. The molecule has 3 aromatic carbocycles. The van der Waals surface area contributed by atoms with Gasteiger partial charge in [-0.25, -0.2) is 4.79 Å². The molecule has 0 heterocycles. The molecule has 7 nitrogen and oxygen atoms in total. The van der Waals surface area contributed by atoms with Crippen LogP contribution in [-0.2, 0) is 6.54 Å². The van der Waals surface area contributed by atoms with Crippen LogP contribution in [0.1, 0.15) is 15.9 Å². The van der Waals surface area contributed by atoms with Crippen molar-refractivity contribution in [2.45, 2.75) is 13.2 Å². The van der Waals surface area contributed by atoms with E-state index in [1.54, 1.807) is 54.6 Å². The molecule has 3 amide bonds. The summed E-state index contributed by atoms with van der Waals surface area (Å²) in [7, 11) is 1.53. The van der Waals surface area contributed by atoms with E-state index in [9.17, 15) is 18.4 Å². The van der Waals surface area contributed by atoms with E-state index in [0.717, 1.165) is 5.56 Å². The molecule has 0 atom stereocenters. The predicted molar refractivity (Wildman–Crippen MR) is 116 cm³/mol. The highest BCUT2D eigenvalue weighted by atomic mass is 19.3. The second-order valence-electron chi connectivity index (χ2n) is 6.69. The van der Waals surface area contributed by atoms with Gasteiger partial charge in [-0.1, -0.05) is 24.3 Å². The zero-order valence-electron chi connectivity index (χ0n) is 17.1. The van der Waals surface area contributed by atoms with E-state index in [0.29, 0.717) is 28.1 Å². The van der Waals surface area contributed by atoms with E-state index in [-0.39, 0.29) is 18.2 Å². The van der Waals surface area contributed by atoms with Crippen molar-refractivity contribution >= 4 is 17.6 Å². The van der Waals surface area contributed by atoms with Crippen LogP contribution in [0.2, 0.25) is 0 Å². The lowest BCUT2D eigenvalue weighted by atomic mass is 10.0. The fourth-order valence-corrected chi connectivity index (χ4v) is 2.97. The first-order chi connectivity index (χ1) is 15.4. The number of hydrogen-bond acceptors (Lipinski definition) is 4. The van der Waals surface area contributed by atoms with Gasteiger partial charge in [0, 0.05) is 23.4 Å². The highest BCUT2D eigenvalue weighted by molar-refractivity contribution is 6.04. The number of carbonyl (C=O) groups excluding carboxylic acids is 2. The number of urea groups is 1. The highest BCUT2D eigenvalue weighted by Gasteiger charge is 2.14. The van der Waals surface area contributed by atoms with Gasteiger partial charge in [-0.2, -0.15) is 8.78 Å². The first-order valence-electron chi connectivity index (χ1n) is 9.52. The number of primary amides is 1. The summed E-state index contributed by atoms with van der Waals surface area (Å²) in [6, 6.07) is 17.2. The van der Waals surface area contributed by atoms with Crippen LogP contribution in [0.4, 0.5) is 19.3 Å². The predicted octanol–water partition coefficient (Wildman–Crippen LogP) is 4.38. The number of methoxy groups -OCH3 is 1. The molecular formula is C23H21F2N3O4. The molecule has 0 aromatic heterocycles. The molecule has 0 spiro atoms. The summed E-state index contributed by atoms with van der Waals surface area (Å²) < 4.78 is 35.5. The van der Waals surface area contributed by atoms with E-state index >= 15 is 0 Å². The molecule has 0 bridgehead atoms. The van der Waals surface area contributed by atoms with Crippen LogP contribution in [0.15, 0.2) is 66.7 Å². The summed E-state index contributed by atoms with van der Waals surface area (Å²) in [5, 5.41) is 5.21. The zero-order chi connectivity index (χ0) is 23.1. The minimum atomic E-state index is -2.99. The van der Waals surface area contributed by atoms with Gasteiger partial charge in [0.2, 0.25) is 0 Å². The fraction of sp³-hybridized carbons (Fsp3) is 0.130. The number of rotatable bonds is 8. The molecule has 0 radical (unpaired) electrons. The first-order valence-corrected chi connectivity index (χ1v) is 9.52. The number of hydrogen-bond donors (Lipinski definition) is 3. The van der Waals surface area contributed by atoms with Gasteiger partial charge in [0.15, 0.2) is 0 Å². The third kappa shape index (κ3) is 5.94. The lowest BCUT2D eigenvalue weighted by Crippen LogP contribution is -2.28. The van der Waals surface area contributed by atoms with Crippen LogP contribution in [0.5, 0.6) is 11.5 Å². The Kier molecular flexibility index (Phi) is 7.22. The molecule has 0 aliphatic rings. The molecule has 166 valence electrons. The molecule has 0 saturated carbocycles. The number of nitrogens with two attached hydrogens (primary N) is 1. The standard InChI is InChI=1S/C23H21F2N3O4/c1-31-18-9-6-15(7-10-18)19-12-17(8-11-20(19)32-22(24)25)28-21(29)16-4-2-14(3-5-16)13-27-23(26)30/h2-12,22H,13H2,1H3,(H,28,29)(H3,26,27,30). The SMILES string of the molecule is COc1ccc(-c2cc(NC(=O)c3ccc(CNC(N)=O)cc3)ccc2OC(F)F)cc1. The molecule has 4 N–H and O–H groups in total. The first kappa shape index (κ1) is 22.5. The summed E-state index contributed by atoms with van der Waals surface area (Å²) in [6.07, 6.45) is 0. The Hall–Kier alpha value is -4.14. The number of nitrogens with one attached hydrogen (secondary N) is 2. The molecular weight excluding hydrogens is 420 g/mol. The summed E-state index contributed by atoms with van der Waals surface area (Å²) in [5.74, 6) is 0.209. The van der Waals surface area contributed by atoms with E-state index in [2.05, 4.69) is 15.4 Å². The number of ether oxygens (including phenoxy) is 2. The molecule has 32 heavy (non-hydrogen) atoms. The molecule has 0 aliphatic carbocycles. The monoisotopic (exact) mass is 441 g/mol. The van der Waals surface area contributed by atoms with Crippen molar-refractivity contribution in [2.75, 3.05) is 12.4 Å². The smallest absolute Gasteiger partial charge is 0.387 e. The van der Waals surface area contributed by atoms with E-state index < -0.39 is 12.6 Å². The summed E-state index contributed by atoms with van der Waals surface area (Å²) >= 11 is 0. The number of carbonyl (C=O) groups is 2. The Bertz CT molecular complexity index is 1090. The maximum absolute atomic E-state index is 12.9. The van der Waals surface area contributed by atoms with Crippen LogP contribution in [0, 0.1) is 0 Å². The molecule has 9 heteroatoms. The van der Waals surface area contributed by atoms with E-state index in [4.69, 9.17) is 10.5 Å². The minimum Gasteiger partial charge on any atom is -0.497 e. The average molecular weight is 441 g/mol. The maximum Gasteiger partial charge on any atom is 0.387 e. The molecule has 0 saturated heterocycles. The van der Waals surface area contributed by atoms with Gasteiger partial charge in [-0.05, 0) is 53.6 Å². The minimum absolute atomic E-state index is 0.0190. The summed E-state index contributed by atoms with van der Waals surface area (Å²) in [4.78, 5) is 23.4. The van der Waals surface area contributed by atoms with Gasteiger partial charge in [0.05, 0.1) is 7.11 Å².